The Morgan fingerprint density at radius 3 is 3.08 bits per heavy atom. The number of thioether (sulfide) groups is 1. The minimum atomic E-state index is 1.10. The van der Waals surface area contributed by atoms with Gasteiger partial charge in [0.25, 0.3) is 0 Å². The molecular formula is C11H14S2. The Bertz CT molecular complexity index is 297. The Kier molecular flexibility index (Phi) is 4.33. The lowest BCUT2D eigenvalue weighted by molar-refractivity contribution is 0.926. The molecule has 0 atom stereocenters. The predicted molar refractivity (Wildman–Crippen MR) is 65.1 cm³/mol. The summed E-state index contributed by atoms with van der Waals surface area (Å²) >= 11 is 3.37. The van der Waals surface area contributed by atoms with E-state index in [1.54, 1.807) is 23.1 Å². The molecular weight excluding hydrogens is 196 g/mol. The molecule has 1 aromatic rings. The lowest BCUT2D eigenvalue weighted by Gasteiger charge is -1.95. The topological polar surface area (TPSA) is 0 Å². The molecule has 2 heteroatoms. The lowest BCUT2D eigenvalue weighted by Crippen LogP contribution is -1.76. The van der Waals surface area contributed by atoms with Crippen molar-refractivity contribution in [2.24, 2.45) is 0 Å². The zero-order valence-electron chi connectivity index (χ0n) is 7.88. The Morgan fingerprint density at radius 2 is 2.46 bits per heavy atom. The highest BCUT2D eigenvalue weighted by atomic mass is 32.2. The van der Waals surface area contributed by atoms with Crippen LogP contribution in [-0.2, 0) is 6.42 Å². The van der Waals surface area contributed by atoms with Crippen molar-refractivity contribution >= 4 is 28.0 Å². The molecule has 0 aliphatic heterocycles. The van der Waals surface area contributed by atoms with Crippen molar-refractivity contribution < 1.29 is 0 Å². The number of thiophene rings is 1. The van der Waals surface area contributed by atoms with Gasteiger partial charge in [0.15, 0.2) is 0 Å². The molecule has 1 rings (SSSR count). The van der Waals surface area contributed by atoms with E-state index < -0.39 is 0 Å². The summed E-state index contributed by atoms with van der Waals surface area (Å²) in [6.07, 6.45) is 2.37. The molecule has 0 saturated carbocycles. The average Bonchev–Trinajstić information content (AvgIpc) is 2.54. The number of hydrogen-bond donors (Lipinski definition) is 0. The first-order chi connectivity index (χ1) is 6.27. The molecule has 0 aliphatic carbocycles. The van der Waals surface area contributed by atoms with E-state index in [1.807, 2.05) is 5.41 Å². The summed E-state index contributed by atoms with van der Waals surface area (Å²) in [4.78, 5) is 2.37. The molecule has 0 amide bonds. The molecule has 0 fully saturated rings. The molecule has 0 saturated heterocycles. The van der Waals surface area contributed by atoms with E-state index in [2.05, 4.69) is 31.5 Å². The van der Waals surface area contributed by atoms with E-state index in [9.17, 15) is 0 Å². The molecule has 13 heavy (non-hydrogen) atoms. The number of hydrogen-bond acceptors (Lipinski definition) is 2. The summed E-state index contributed by atoms with van der Waals surface area (Å²) < 4.78 is 0. The van der Waals surface area contributed by atoms with Crippen LogP contribution < -0.4 is 0 Å². The second-order valence-corrected chi connectivity index (χ2v) is 4.75. The normalized spacial score (nSPS) is 9.92. The SMILES string of the molecule is C=CSC(=C)c1cc(CCC)cs1. The van der Waals surface area contributed by atoms with Crippen LogP contribution in [-0.4, -0.2) is 0 Å². The summed E-state index contributed by atoms with van der Waals surface area (Å²) in [5.74, 6) is 0. The Labute approximate surface area is 88.4 Å². The molecule has 0 aliphatic rings. The van der Waals surface area contributed by atoms with Crippen molar-refractivity contribution in [3.63, 3.8) is 0 Å². The van der Waals surface area contributed by atoms with Crippen LogP contribution in [0.15, 0.2) is 30.0 Å². The third kappa shape index (κ3) is 3.05. The van der Waals surface area contributed by atoms with E-state index in [0.29, 0.717) is 0 Å². The summed E-state index contributed by atoms with van der Waals surface area (Å²) in [6, 6.07) is 2.23. The zero-order chi connectivity index (χ0) is 9.68. The van der Waals surface area contributed by atoms with E-state index in [-0.39, 0.29) is 0 Å². The average molecular weight is 210 g/mol. The summed E-state index contributed by atoms with van der Waals surface area (Å²) in [5.41, 5.74) is 1.42. The fraction of sp³-hybridized carbons (Fsp3) is 0.273. The quantitative estimate of drug-likeness (QED) is 0.687. The molecule has 70 valence electrons. The third-order valence-electron chi connectivity index (χ3n) is 1.69. The lowest BCUT2D eigenvalue weighted by atomic mass is 10.2. The Morgan fingerprint density at radius 1 is 1.69 bits per heavy atom. The van der Waals surface area contributed by atoms with E-state index >= 15 is 0 Å². The van der Waals surface area contributed by atoms with Gasteiger partial charge in [-0.1, -0.05) is 38.3 Å². The van der Waals surface area contributed by atoms with Gasteiger partial charge >= 0.3 is 0 Å². The largest absolute Gasteiger partial charge is 0.143 e. The van der Waals surface area contributed by atoms with Gasteiger partial charge in [-0.05, 0) is 28.8 Å². The smallest absolute Gasteiger partial charge is 0.0406 e. The van der Waals surface area contributed by atoms with Gasteiger partial charge in [0.1, 0.15) is 0 Å². The maximum Gasteiger partial charge on any atom is 0.0406 e. The van der Waals surface area contributed by atoms with Gasteiger partial charge in [-0.2, -0.15) is 0 Å². The van der Waals surface area contributed by atoms with Crippen molar-refractivity contribution in [3.05, 3.63) is 40.5 Å². The molecule has 0 N–H and O–H groups in total. The maximum atomic E-state index is 3.99. The van der Waals surface area contributed by atoms with Crippen LogP contribution in [0.25, 0.3) is 4.91 Å². The molecule has 0 aromatic carbocycles. The molecule has 0 unspecified atom stereocenters. The highest BCUT2D eigenvalue weighted by Crippen LogP contribution is 2.31. The van der Waals surface area contributed by atoms with Gasteiger partial charge < -0.3 is 0 Å². The van der Waals surface area contributed by atoms with Gasteiger partial charge in [0.05, 0.1) is 0 Å². The van der Waals surface area contributed by atoms with E-state index in [4.69, 9.17) is 0 Å². The maximum absolute atomic E-state index is 3.99. The molecule has 0 spiro atoms. The van der Waals surface area contributed by atoms with Crippen molar-refractivity contribution in [2.75, 3.05) is 0 Å². The standard InChI is InChI=1S/C11H14S2/c1-4-6-10-7-11(13-8-10)9(3)12-5-2/h5,7-8H,2-4,6H2,1H3. The molecule has 0 nitrogen and oxygen atoms in total. The van der Waals surface area contributed by atoms with Crippen LogP contribution in [0, 0.1) is 0 Å². The highest BCUT2D eigenvalue weighted by molar-refractivity contribution is 8.11. The molecule has 0 bridgehead atoms. The van der Waals surface area contributed by atoms with Crippen LogP contribution in [0.2, 0.25) is 0 Å². The highest BCUT2D eigenvalue weighted by Gasteiger charge is 2.01. The molecule has 0 radical (unpaired) electrons. The van der Waals surface area contributed by atoms with E-state index in [1.165, 1.54) is 23.3 Å². The van der Waals surface area contributed by atoms with Gasteiger partial charge in [0, 0.05) is 9.78 Å². The van der Waals surface area contributed by atoms with Crippen molar-refractivity contribution in [2.45, 2.75) is 19.8 Å². The van der Waals surface area contributed by atoms with Crippen LogP contribution in [0.1, 0.15) is 23.8 Å². The second kappa shape index (κ2) is 5.30. The van der Waals surface area contributed by atoms with Crippen LogP contribution in [0.3, 0.4) is 0 Å². The minimum Gasteiger partial charge on any atom is -0.143 e. The van der Waals surface area contributed by atoms with Crippen molar-refractivity contribution in [1.29, 1.82) is 0 Å². The zero-order valence-corrected chi connectivity index (χ0v) is 9.51. The number of rotatable bonds is 5. The fourth-order valence-electron chi connectivity index (χ4n) is 1.10. The summed E-state index contributed by atoms with van der Waals surface area (Å²) in [6.45, 7) is 9.87. The van der Waals surface area contributed by atoms with Crippen molar-refractivity contribution in [3.8, 4) is 0 Å². The molecule has 1 heterocycles. The molecule has 1 aromatic heterocycles. The first-order valence-electron chi connectivity index (χ1n) is 4.32. The third-order valence-corrected chi connectivity index (χ3v) is 3.53. The van der Waals surface area contributed by atoms with Crippen molar-refractivity contribution in [1.82, 2.24) is 0 Å². The second-order valence-electron chi connectivity index (χ2n) is 2.78. The summed E-state index contributed by atoms with van der Waals surface area (Å²) in [7, 11) is 0. The monoisotopic (exact) mass is 210 g/mol. The minimum absolute atomic E-state index is 1.10. The van der Waals surface area contributed by atoms with E-state index in [0.717, 1.165) is 4.91 Å². The van der Waals surface area contributed by atoms with Crippen LogP contribution in [0.5, 0.6) is 0 Å². The number of aryl methyl sites for hydroxylation is 1. The Balaban J connectivity index is 2.67. The van der Waals surface area contributed by atoms with Gasteiger partial charge in [-0.25, -0.2) is 0 Å². The first kappa shape index (κ1) is 10.6. The first-order valence-corrected chi connectivity index (χ1v) is 6.08. The Hall–Kier alpha value is -0.470. The van der Waals surface area contributed by atoms with Gasteiger partial charge in [0.2, 0.25) is 0 Å². The van der Waals surface area contributed by atoms with Crippen LogP contribution in [0.4, 0.5) is 0 Å². The van der Waals surface area contributed by atoms with Gasteiger partial charge in [-0.3, -0.25) is 0 Å². The fourth-order valence-corrected chi connectivity index (χ4v) is 2.58. The summed E-state index contributed by atoms with van der Waals surface area (Å²) in [5, 5.41) is 4.04. The van der Waals surface area contributed by atoms with Crippen LogP contribution >= 0.6 is 23.1 Å². The predicted octanol–water partition coefficient (Wildman–Crippen LogP) is 4.55. The van der Waals surface area contributed by atoms with Gasteiger partial charge in [-0.15, -0.1) is 11.3 Å².